The fourth-order valence-corrected chi connectivity index (χ4v) is 3.82. The van der Waals surface area contributed by atoms with Gasteiger partial charge in [-0.1, -0.05) is 24.8 Å². The average Bonchev–Trinajstić information content (AvgIpc) is 3.35. The smallest absolute Gasteiger partial charge is 0.267 e. The minimum atomic E-state index is -1.65. The zero-order valence-corrected chi connectivity index (χ0v) is 19.7. The topological polar surface area (TPSA) is 106 Å². The molecule has 2 N–H and O–H groups in total. The maximum atomic E-state index is 12.5. The van der Waals surface area contributed by atoms with Crippen molar-refractivity contribution in [3.8, 4) is 17.5 Å². The molecular weight excluding hydrogens is 436 g/mol. The summed E-state index contributed by atoms with van der Waals surface area (Å²) >= 11 is 0. The molecule has 2 heterocycles. The van der Waals surface area contributed by atoms with Gasteiger partial charge in [0.1, 0.15) is 12.5 Å². The van der Waals surface area contributed by atoms with Gasteiger partial charge in [0.25, 0.3) is 5.91 Å². The van der Waals surface area contributed by atoms with Crippen molar-refractivity contribution >= 4 is 17.5 Å². The number of rotatable bonds is 8. The Morgan fingerprint density at radius 3 is 2.85 bits per heavy atom. The molecule has 1 aromatic heterocycles. The second-order valence-corrected chi connectivity index (χ2v) is 8.84. The van der Waals surface area contributed by atoms with Crippen molar-refractivity contribution in [2.45, 2.75) is 38.9 Å². The van der Waals surface area contributed by atoms with E-state index in [-0.39, 0.29) is 37.6 Å². The van der Waals surface area contributed by atoms with Gasteiger partial charge >= 0.3 is 0 Å². The molecule has 1 saturated heterocycles. The Kier molecular flexibility index (Phi) is 7.03. The maximum Gasteiger partial charge on any atom is 0.267 e. The van der Waals surface area contributed by atoms with Gasteiger partial charge in [-0.05, 0) is 37.5 Å². The molecule has 2 fully saturated rings. The molecule has 180 valence electrons. The Hall–Kier alpha value is -3.19. The minimum Gasteiger partial charge on any atom is -0.369 e. The zero-order chi connectivity index (χ0) is 24.3. The largest absolute Gasteiger partial charge is 0.369 e. The molecule has 1 saturated carbocycles. The molecule has 2 amide bonds. The van der Waals surface area contributed by atoms with Crippen LogP contribution >= 0.6 is 0 Å². The van der Waals surface area contributed by atoms with Crippen LogP contribution in [-0.4, -0.2) is 64.2 Å². The standard InChI is InChI=1S/C25H30N4O5/c1-4-33-16-34-15-22-21(26-23(30)20-12-17(20)2)14-29(27-22)19-7-5-6-18(13-19)8-9-25(32)10-11-28(3)24(25)31/h5-7,13-14,17,20,32H,4,10-12,15-16H2,1-3H3,(H,26,30)/t17?,20?,25-/m0/s1. The van der Waals surface area contributed by atoms with Crippen LogP contribution in [0.1, 0.15) is 37.9 Å². The fourth-order valence-electron chi connectivity index (χ4n) is 3.82. The third-order valence-electron chi connectivity index (χ3n) is 6.14. The van der Waals surface area contributed by atoms with Crippen LogP contribution in [0.5, 0.6) is 0 Å². The monoisotopic (exact) mass is 466 g/mol. The maximum absolute atomic E-state index is 12.5. The van der Waals surface area contributed by atoms with Crippen molar-refractivity contribution in [3.63, 3.8) is 0 Å². The van der Waals surface area contributed by atoms with E-state index in [2.05, 4.69) is 29.2 Å². The molecular formula is C25H30N4O5. The second kappa shape index (κ2) is 9.97. The summed E-state index contributed by atoms with van der Waals surface area (Å²) in [5.41, 5.74) is 0.881. The third kappa shape index (κ3) is 5.30. The van der Waals surface area contributed by atoms with Gasteiger partial charge in [0.2, 0.25) is 11.5 Å². The summed E-state index contributed by atoms with van der Waals surface area (Å²) in [5.74, 6) is 5.67. The summed E-state index contributed by atoms with van der Waals surface area (Å²) in [6, 6.07) is 7.30. The highest BCUT2D eigenvalue weighted by atomic mass is 16.7. The SMILES string of the molecule is CCOCOCc1nn(-c2cccc(C#C[C@]3(O)CCN(C)C3=O)c2)cc1NC(=O)C1CC1C. The van der Waals surface area contributed by atoms with Crippen molar-refractivity contribution in [3.05, 3.63) is 41.7 Å². The first-order valence-electron chi connectivity index (χ1n) is 11.5. The van der Waals surface area contributed by atoms with Crippen LogP contribution in [0, 0.1) is 23.7 Å². The number of benzene rings is 1. The lowest BCUT2D eigenvalue weighted by atomic mass is 10.0. The predicted molar refractivity (Wildman–Crippen MR) is 125 cm³/mol. The van der Waals surface area contributed by atoms with Crippen LogP contribution < -0.4 is 5.32 Å². The van der Waals surface area contributed by atoms with E-state index in [9.17, 15) is 14.7 Å². The highest BCUT2D eigenvalue weighted by Gasteiger charge is 2.42. The second-order valence-electron chi connectivity index (χ2n) is 8.84. The van der Waals surface area contributed by atoms with Crippen molar-refractivity contribution < 1.29 is 24.2 Å². The van der Waals surface area contributed by atoms with Crippen molar-refractivity contribution in [1.29, 1.82) is 0 Å². The van der Waals surface area contributed by atoms with Gasteiger partial charge < -0.3 is 24.8 Å². The fraction of sp³-hybridized carbons (Fsp3) is 0.480. The average molecular weight is 467 g/mol. The number of likely N-dealkylation sites (tertiary alicyclic amines) is 1. The highest BCUT2D eigenvalue weighted by molar-refractivity contribution is 5.94. The van der Waals surface area contributed by atoms with Crippen LogP contribution in [-0.2, 0) is 25.7 Å². The van der Waals surface area contributed by atoms with E-state index in [4.69, 9.17) is 9.47 Å². The summed E-state index contributed by atoms with van der Waals surface area (Å²) < 4.78 is 12.4. The lowest BCUT2D eigenvalue weighted by Crippen LogP contribution is -2.37. The number of hydrogen-bond acceptors (Lipinski definition) is 6. The predicted octanol–water partition coefficient (Wildman–Crippen LogP) is 1.92. The Bertz CT molecular complexity index is 1130. The lowest BCUT2D eigenvalue weighted by Gasteiger charge is -2.13. The van der Waals surface area contributed by atoms with Gasteiger partial charge in [-0.15, -0.1) is 0 Å². The summed E-state index contributed by atoms with van der Waals surface area (Å²) in [6.07, 6.45) is 2.92. The molecule has 0 radical (unpaired) electrons. The molecule has 4 rings (SSSR count). The number of anilines is 1. The summed E-state index contributed by atoms with van der Waals surface area (Å²) in [5, 5.41) is 18.1. The third-order valence-corrected chi connectivity index (χ3v) is 6.14. The van der Waals surface area contributed by atoms with Crippen molar-refractivity contribution in [2.75, 3.05) is 32.3 Å². The van der Waals surface area contributed by atoms with Crippen LogP contribution in [0.25, 0.3) is 5.69 Å². The number of aliphatic hydroxyl groups is 1. The number of nitrogens with zero attached hydrogens (tertiary/aromatic N) is 3. The van der Waals surface area contributed by atoms with E-state index >= 15 is 0 Å². The number of carbonyl (C=O) groups is 2. The molecule has 9 heteroatoms. The van der Waals surface area contributed by atoms with Gasteiger partial charge in [-0.25, -0.2) is 4.68 Å². The minimum absolute atomic E-state index is 0.0165. The van der Waals surface area contributed by atoms with Crippen LogP contribution in [0.2, 0.25) is 0 Å². The van der Waals surface area contributed by atoms with E-state index < -0.39 is 5.60 Å². The number of hydrogen-bond donors (Lipinski definition) is 2. The molecule has 0 bridgehead atoms. The molecule has 34 heavy (non-hydrogen) atoms. The first-order chi connectivity index (χ1) is 16.3. The Labute approximate surface area is 199 Å². The summed E-state index contributed by atoms with van der Waals surface area (Å²) in [6.45, 7) is 5.28. The van der Waals surface area contributed by atoms with Crippen molar-refractivity contribution in [2.24, 2.45) is 11.8 Å². The molecule has 2 aliphatic rings. The van der Waals surface area contributed by atoms with E-state index in [1.165, 1.54) is 4.90 Å². The van der Waals surface area contributed by atoms with Crippen LogP contribution in [0.15, 0.2) is 30.5 Å². The zero-order valence-electron chi connectivity index (χ0n) is 19.7. The Morgan fingerprint density at radius 2 is 2.18 bits per heavy atom. The van der Waals surface area contributed by atoms with Gasteiger partial charge in [-0.3, -0.25) is 9.59 Å². The number of carbonyl (C=O) groups excluding carboxylic acids is 2. The van der Waals surface area contributed by atoms with E-state index in [1.807, 2.05) is 25.1 Å². The molecule has 9 nitrogen and oxygen atoms in total. The molecule has 1 aliphatic heterocycles. The van der Waals surface area contributed by atoms with Crippen molar-refractivity contribution in [1.82, 2.24) is 14.7 Å². The first kappa shape index (κ1) is 24.0. The Balaban J connectivity index is 1.55. The molecule has 3 atom stereocenters. The molecule has 1 aromatic carbocycles. The molecule has 1 aliphatic carbocycles. The van der Waals surface area contributed by atoms with Crippen LogP contribution in [0.3, 0.4) is 0 Å². The Morgan fingerprint density at radius 1 is 1.38 bits per heavy atom. The number of likely N-dealkylation sites (N-methyl/N-ethyl adjacent to an activating group) is 1. The number of amides is 2. The number of nitrogens with one attached hydrogen (secondary N) is 1. The molecule has 0 spiro atoms. The van der Waals surface area contributed by atoms with Gasteiger partial charge in [0.15, 0.2) is 0 Å². The van der Waals surface area contributed by atoms with E-state index in [0.29, 0.717) is 36.0 Å². The molecule has 2 unspecified atom stereocenters. The van der Waals surface area contributed by atoms with Gasteiger partial charge in [-0.2, -0.15) is 5.10 Å². The summed E-state index contributed by atoms with van der Waals surface area (Å²) in [4.78, 5) is 26.2. The number of aromatic nitrogens is 2. The quantitative estimate of drug-likeness (QED) is 0.350. The first-order valence-corrected chi connectivity index (χ1v) is 11.5. The van der Waals surface area contributed by atoms with E-state index in [1.54, 1.807) is 24.0 Å². The lowest BCUT2D eigenvalue weighted by molar-refractivity contribution is -0.137. The molecule has 2 aromatic rings. The van der Waals surface area contributed by atoms with Gasteiger partial charge in [0.05, 0.1) is 24.2 Å². The van der Waals surface area contributed by atoms with Gasteiger partial charge in [0, 0.05) is 38.1 Å². The normalized spacial score (nSPS) is 23.5. The highest BCUT2D eigenvalue weighted by Crippen LogP contribution is 2.38. The van der Waals surface area contributed by atoms with Crippen LogP contribution in [0.4, 0.5) is 5.69 Å². The van der Waals surface area contributed by atoms with E-state index in [0.717, 1.165) is 12.1 Å². The number of ether oxygens (including phenoxy) is 2. The summed E-state index contributed by atoms with van der Waals surface area (Å²) in [7, 11) is 1.65.